The minimum Gasteiger partial charge on any atom is -0.326 e. The van der Waals surface area contributed by atoms with Gasteiger partial charge in [0.05, 0.1) is 12.1 Å². The van der Waals surface area contributed by atoms with Gasteiger partial charge >= 0.3 is 12.2 Å². The first-order valence-corrected chi connectivity index (χ1v) is 8.09. The topological polar surface area (TPSA) is 66.5 Å². The van der Waals surface area contributed by atoms with Crippen LogP contribution in [0, 0.1) is 0 Å². The van der Waals surface area contributed by atoms with Crippen LogP contribution in [-0.2, 0) is 11.0 Å². The number of alkyl halides is 3. The molecule has 1 aliphatic rings. The molecular formula is C19H15F3N2O3. The summed E-state index contributed by atoms with van der Waals surface area (Å²) in [5.74, 6) is -0.919. The zero-order chi connectivity index (χ0) is 19.8. The Kier molecular flexibility index (Phi) is 4.73. The maximum absolute atomic E-state index is 12.8. The predicted octanol–water partition coefficient (Wildman–Crippen LogP) is 3.50. The van der Waals surface area contributed by atoms with E-state index in [-0.39, 0.29) is 5.56 Å². The maximum atomic E-state index is 12.8. The lowest BCUT2D eigenvalue weighted by Gasteiger charge is -2.12. The number of ketones is 1. The van der Waals surface area contributed by atoms with Crippen LogP contribution in [0.3, 0.4) is 0 Å². The second-order valence-corrected chi connectivity index (χ2v) is 6.17. The molecule has 1 atom stereocenters. The fourth-order valence-electron chi connectivity index (χ4n) is 2.77. The number of nitrogens with one attached hydrogen (secondary N) is 1. The fraction of sp³-hybridized carbons (Fsp3) is 0.211. The average molecular weight is 376 g/mol. The molecule has 0 radical (unpaired) electrons. The molecule has 140 valence electrons. The van der Waals surface area contributed by atoms with Gasteiger partial charge in [0.15, 0.2) is 5.78 Å². The van der Waals surface area contributed by atoms with Gasteiger partial charge in [-0.05, 0) is 30.2 Å². The first kappa shape index (κ1) is 18.6. The molecule has 2 aromatic rings. The van der Waals surface area contributed by atoms with Crippen molar-refractivity contribution in [2.24, 2.45) is 0 Å². The monoisotopic (exact) mass is 376 g/mol. The van der Waals surface area contributed by atoms with Crippen LogP contribution in [0.1, 0.15) is 22.8 Å². The molecule has 1 unspecified atom stereocenters. The number of amides is 3. The van der Waals surface area contributed by atoms with Gasteiger partial charge in [0.2, 0.25) is 0 Å². The molecule has 8 heteroatoms. The van der Waals surface area contributed by atoms with Crippen LogP contribution in [0.4, 0.5) is 18.0 Å². The minimum atomic E-state index is -4.44. The molecule has 1 aliphatic heterocycles. The number of rotatable bonds is 4. The maximum Gasteiger partial charge on any atom is 0.416 e. The van der Waals surface area contributed by atoms with Gasteiger partial charge < -0.3 is 5.32 Å². The Hall–Kier alpha value is -3.16. The van der Waals surface area contributed by atoms with Crippen molar-refractivity contribution in [1.29, 1.82) is 0 Å². The SMILES string of the molecule is CC1NC(=O)N(CC(=O)c2ccc(-c3cccc(C(F)(F)F)c3)cc2)C1=O. The Morgan fingerprint density at radius 2 is 1.74 bits per heavy atom. The van der Waals surface area contributed by atoms with E-state index in [1.54, 1.807) is 6.07 Å². The summed E-state index contributed by atoms with van der Waals surface area (Å²) in [4.78, 5) is 36.6. The number of benzene rings is 2. The number of Topliss-reactive ketones (excluding diaryl/α,β-unsaturated/α-hetero) is 1. The molecule has 3 rings (SSSR count). The van der Waals surface area contributed by atoms with Gasteiger partial charge in [-0.1, -0.05) is 36.4 Å². The van der Waals surface area contributed by atoms with Gasteiger partial charge in [-0.2, -0.15) is 13.2 Å². The quantitative estimate of drug-likeness (QED) is 0.656. The molecule has 3 amide bonds. The van der Waals surface area contributed by atoms with E-state index >= 15 is 0 Å². The van der Waals surface area contributed by atoms with E-state index < -0.39 is 42.0 Å². The van der Waals surface area contributed by atoms with Gasteiger partial charge in [0.1, 0.15) is 6.04 Å². The Morgan fingerprint density at radius 3 is 2.30 bits per heavy atom. The molecule has 1 saturated heterocycles. The lowest BCUT2D eigenvalue weighted by Crippen LogP contribution is -2.36. The van der Waals surface area contributed by atoms with Crippen molar-refractivity contribution < 1.29 is 27.6 Å². The van der Waals surface area contributed by atoms with Crippen molar-refractivity contribution in [1.82, 2.24) is 10.2 Å². The summed E-state index contributed by atoms with van der Waals surface area (Å²) in [5.41, 5.74) is 0.381. The number of hydrogen-bond donors (Lipinski definition) is 1. The highest BCUT2D eigenvalue weighted by atomic mass is 19.4. The Bertz CT molecular complexity index is 907. The Balaban J connectivity index is 1.77. The standard InChI is InChI=1S/C19H15F3N2O3/c1-11-17(26)24(18(27)23-11)10-16(25)13-7-5-12(6-8-13)14-3-2-4-15(9-14)19(20,21)22/h2-9,11H,10H2,1H3,(H,23,27). The van der Waals surface area contributed by atoms with Gasteiger partial charge in [-0.3, -0.25) is 14.5 Å². The summed E-state index contributed by atoms with van der Waals surface area (Å²) in [7, 11) is 0. The number of nitrogens with zero attached hydrogens (tertiary/aromatic N) is 1. The van der Waals surface area contributed by atoms with Crippen LogP contribution in [0.25, 0.3) is 11.1 Å². The summed E-state index contributed by atoms with van der Waals surface area (Å²) in [6, 6.07) is 9.55. The fourth-order valence-corrected chi connectivity index (χ4v) is 2.77. The lowest BCUT2D eigenvalue weighted by molar-refractivity contribution is -0.137. The molecule has 1 heterocycles. The molecule has 0 aliphatic carbocycles. The number of urea groups is 1. The van der Waals surface area contributed by atoms with Crippen LogP contribution in [0.15, 0.2) is 48.5 Å². The van der Waals surface area contributed by atoms with E-state index in [9.17, 15) is 27.6 Å². The van der Waals surface area contributed by atoms with E-state index in [0.717, 1.165) is 17.0 Å². The second-order valence-electron chi connectivity index (χ2n) is 6.17. The molecule has 0 aromatic heterocycles. The summed E-state index contributed by atoms with van der Waals surface area (Å²) in [6.45, 7) is 1.13. The third-order valence-corrected chi connectivity index (χ3v) is 4.25. The lowest BCUT2D eigenvalue weighted by atomic mass is 10.0. The summed E-state index contributed by atoms with van der Waals surface area (Å²) in [5, 5.41) is 2.41. The molecule has 27 heavy (non-hydrogen) atoms. The smallest absolute Gasteiger partial charge is 0.326 e. The zero-order valence-corrected chi connectivity index (χ0v) is 14.2. The van der Waals surface area contributed by atoms with Crippen LogP contribution in [-0.4, -0.2) is 35.2 Å². The third-order valence-electron chi connectivity index (χ3n) is 4.25. The molecule has 0 spiro atoms. The highest BCUT2D eigenvalue weighted by Crippen LogP contribution is 2.32. The number of hydrogen-bond acceptors (Lipinski definition) is 3. The van der Waals surface area contributed by atoms with Crippen molar-refractivity contribution >= 4 is 17.7 Å². The van der Waals surface area contributed by atoms with Crippen molar-refractivity contribution in [2.75, 3.05) is 6.54 Å². The molecule has 1 fully saturated rings. The highest BCUT2D eigenvalue weighted by Gasteiger charge is 2.36. The third kappa shape index (κ3) is 3.84. The first-order valence-electron chi connectivity index (χ1n) is 8.09. The minimum absolute atomic E-state index is 0.255. The summed E-state index contributed by atoms with van der Waals surface area (Å²) >= 11 is 0. The van der Waals surface area contributed by atoms with E-state index in [4.69, 9.17) is 0 Å². The van der Waals surface area contributed by atoms with Crippen molar-refractivity contribution in [3.8, 4) is 11.1 Å². The van der Waals surface area contributed by atoms with Gasteiger partial charge in [-0.15, -0.1) is 0 Å². The first-order chi connectivity index (χ1) is 12.7. The van der Waals surface area contributed by atoms with Crippen molar-refractivity contribution in [3.63, 3.8) is 0 Å². The Labute approximate surface area is 152 Å². The largest absolute Gasteiger partial charge is 0.416 e. The average Bonchev–Trinajstić information content (AvgIpc) is 2.87. The number of carbonyl (C=O) groups excluding carboxylic acids is 3. The number of imide groups is 1. The van der Waals surface area contributed by atoms with E-state index in [2.05, 4.69) is 5.32 Å². The van der Waals surface area contributed by atoms with Gasteiger partial charge in [0.25, 0.3) is 5.91 Å². The second kappa shape index (κ2) is 6.86. The van der Waals surface area contributed by atoms with E-state index in [1.807, 2.05) is 0 Å². The molecule has 0 saturated carbocycles. The zero-order valence-electron chi connectivity index (χ0n) is 14.2. The van der Waals surface area contributed by atoms with Crippen LogP contribution in [0.2, 0.25) is 0 Å². The number of carbonyl (C=O) groups is 3. The Morgan fingerprint density at radius 1 is 1.07 bits per heavy atom. The van der Waals surface area contributed by atoms with Crippen molar-refractivity contribution in [3.05, 3.63) is 59.7 Å². The molecule has 0 bridgehead atoms. The van der Waals surface area contributed by atoms with Crippen LogP contribution >= 0.6 is 0 Å². The van der Waals surface area contributed by atoms with Crippen LogP contribution < -0.4 is 5.32 Å². The van der Waals surface area contributed by atoms with Crippen molar-refractivity contribution in [2.45, 2.75) is 19.1 Å². The normalized spacial score (nSPS) is 17.2. The number of halogens is 3. The van der Waals surface area contributed by atoms with Crippen LogP contribution in [0.5, 0.6) is 0 Å². The van der Waals surface area contributed by atoms with Gasteiger partial charge in [-0.25, -0.2) is 4.79 Å². The highest BCUT2D eigenvalue weighted by molar-refractivity contribution is 6.09. The molecule has 1 N–H and O–H groups in total. The van der Waals surface area contributed by atoms with Gasteiger partial charge in [0, 0.05) is 5.56 Å². The summed E-state index contributed by atoms with van der Waals surface area (Å²) in [6.07, 6.45) is -4.44. The molecule has 5 nitrogen and oxygen atoms in total. The predicted molar refractivity (Wildman–Crippen MR) is 90.9 cm³/mol. The van der Waals surface area contributed by atoms with E-state index in [1.165, 1.54) is 37.3 Å². The van der Waals surface area contributed by atoms with E-state index in [0.29, 0.717) is 11.1 Å². The summed E-state index contributed by atoms with van der Waals surface area (Å²) < 4.78 is 38.5. The molecule has 2 aromatic carbocycles. The molecular weight excluding hydrogens is 361 g/mol.